The van der Waals surface area contributed by atoms with E-state index in [1.807, 2.05) is 0 Å². The van der Waals surface area contributed by atoms with Crippen molar-refractivity contribution in [2.75, 3.05) is 12.4 Å². The first-order valence-electron chi connectivity index (χ1n) is 6.27. The van der Waals surface area contributed by atoms with E-state index in [-0.39, 0.29) is 11.7 Å². The molecule has 0 aliphatic heterocycles. The Bertz CT molecular complexity index is 849. The van der Waals surface area contributed by atoms with Crippen molar-refractivity contribution in [1.29, 1.82) is 0 Å². The topological polar surface area (TPSA) is 51.2 Å². The number of halogens is 2. The van der Waals surface area contributed by atoms with Crippen LogP contribution < -0.4 is 10.1 Å². The molecule has 3 aromatic rings. The average molecular weight is 337 g/mol. The predicted molar refractivity (Wildman–Crippen MR) is 85.5 cm³/mol. The summed E-state index contributed by atoms with van der Waals surface area (Å²) in [4.78, 5) is 16.6. The summed E-state index contributed by atoms with van der Waals surface area (Å²) in [7, 11) is 1.51. The van der Waals surface area contributed by atoms with Crippen LogP contribution in [0.2, 0.25) is 5.02 Å². The molecule has 7 heteroatoms. The average Bonchev–Trinajstić information content (AvgIpc) is 2.84. The minimum Gasteiger partial charge on any atom is -0.481 e. The summed E-state index contributed by atoms with van der Waals surface area (Å²) < 4.78 is 18.8. The highest BCUT2D eigenvalue weighted by Crippen LogP contribution is 2.36. The minimum absolute atomic E-state index is 0.318. The summed E-state index contributed by atoms with van der Waals surface area (Å²) >= 11 is 7.35. The zero-order valence-corrected chi connectivity index (χ0v) is 13.0. The third-order valence-corrected chi connectivity index (χ3v) is 4.66. The van der Waals surface area contributed by atoms with Gasteiger partial charge in [-0.1, -0.05) is 11.6 Å². The highest BCUT2D eigenvalue weighted by atomic mass is 35.5. The highest BCUT2D eigenvalue weighted by Gasteiger charge is 2.17. The second kappa shape index (κ2) is 5.90. The van der Waals surface area contributed by atoms with Crippen LogP contribution in [0.5, 0.6) is 5.88 Å². The van der Waals surface area contributed by atoms with Gasteiger partial charge in [0.15, 0.2) is 0 Å². The Balaban J connectivity index is 1.89. The van der Waals surface area contributed by atoms with E-state index in [4.69, 9.17) is 16.3 Å². The van der Waals surface area contributed by atoms with Crippen LogP contribution in [0.15, 0.2) is 36.5 Å². The number of nitrogens with one attached hydrogen (secondary N) is 1. The lowest BCUT2D eigenvalue weighted by Crippen LogP contribution is -2.10. The maximum atomic E-state index is 13.2. The Labute approximate surface area is 134 Å². The Hall–Kier alpha value is -2.18. The third-order valence-electron chi connectivity index (χ3n) is 3.00. The second-order valence-electron chi connectivity index (χ2n) is 4.43. The number of methoxy groups -OCH3 is 1. The van der Waals surface area contributed by atoms with E-state index >= 15 is 0 Å². The quantitative estimate of drug-likeness (QED) is 0.773. The van der Waals surface area contributed by atoms with E-state index in [2.05, 4.69) is 10.3 Å². The number of aromatic nitrogens is 1. The van der Waals surface area contributed by atoms with Crippen LogP contribution in [-0.2, 0) is 0 Å². The number of hydrogen-bond acceptors (Lipinski definition) is 4. The molecule has 2 aromatic heterocycles. The lowest BCUT2D eigenvalue weighted by Gasteiger charge is -2.04. The van der Waals surface area contributed by atoms with Crippen molar-refractivity contribution in [3.05, 3.63) is 52.2 Å². The molecule has 1 N–H and O–H groups in total. The Morgan fingerprint density at radius 3 is 2.86 bits per heavy atom. The monoisotopic (exact) mass is 336 g/mol. The van der Waals surface area contributed by atoms with E-state index in [0.29, 0.717) is 31.6 Å². The lowest BCUT2D eigenvalue weighted by atomic mass is 10.2. The van der Waals surface area contributed by atoms with E-state index in [9.17, 15) is 9.18 Å². The molecule has 3 rings (SSSR count). The van der Waals surface area contributed by atoms with Crippen molar-refractivity contribution in [2.24, 2.45) is 0 Å². The highest BCUT2D eigenvalue weighted by molar-refractivity contribution is 7.21. The number of rotatable bonds is 3. The van der Waals surface area contributed by atoms with Gasteiger partial charge in [0.2, 0.25) is 5.88 Å². The van der Waals surface area contributed by atoms with Crippen LogP contribution in [0, 0.1) is 5.82 Å². The van der Waals surface area contributed by atoms with Crippen molar-refractivity contribution in [3.8, 4) is 5.88 Å². The molecule has 112 valence electrons. The van der Waals surface area contributed by atoms with Gasteiger partial charge in [-0.25, -0.2) is 9.37 Å². The van der Waals surface area contributed by atoms with Crippen LogP contribution in [0.1, 0.15) is 9.67 Å². The number of thiophene rings is 1. The first-order valence-corrected chi connectivity index (χ1v) is 7.47. The Morgan fingerprint density at radius 1 is 1.36 bits per heavy atom. The Morgan fingerprint density at radius 2 is 2.18 bits per heavy atom. The zero-order valence-electron chi connectivity index (χ0n) is 11.4. The van der Waals surface area contributed by atoms with Crippen LogP contribution >= 0.6 is 22.9 Å². The largest absolute Gasteiger partial charge is 0.481 e. The van der Waals surface area contributed by atoms with Gasteiger partial charge >= 0.3 is 0 Å². The normalized spacial score (nSPS) is 10.7. The van der Waals surface area contributed by atoms with Gasteiger partial charge < -0.3 is 10.1 Å². The number of carbonyl (C=O) groups excluding carboxylic acids is 1. The van der Waals surface area contributed by atoms with Gasteiger partial charge in [-0.05, 0) is 24.3 Å². The first-order chi connectivity index (χ1) is 10.6. The molecule has 0 radical (unpaired) electrons. The van der Waals surface area contributed by atoms with Crippen LogP contribution in [0.3, 0.4) is 0 Å². The first kappa shape index (κ1) is 14.7. The Kier molecular flexibility index (Phi) is 3.96. The van der Waals surface area contributed by atoms with Gasteiger partial charge in [0.1, 0.15) is 10.7 Å². The predicted octanol–water partition coefficient (Wildman–Crippen LogP) is 4.35. The van der Waals surface area contributed by atoms with Gasteiger partial charge in [0.25, 0.3) is 5.91 Å². The summed E-state index contributed by atoms with van der Waals surface area (Å²) in [5.74, 6) is -0.274. The number of amides is 1. The minimum atomic E-state index is -0.364. The van der Waals surface area contributed by atoms with Crippen LogP contribution in [0.25, 0.3) is 10.1 Å². The zero-order chi connectivity index (χ0) is 15.7. The van der Waals surface area contributed by atoms with Crippen molar-refractivity contribution in [2.45, 2.75) is 0 Å². The molecule has 0 fully saturated rings. The summed E-state index contributed by atoms with van der Waals surface area (Å²) in [5.41, 5.74) is 0.519. The number of hydrogen-bond donors (Lipinski definition) is 1. The van der Waals surface area contributed by atoms with E-state index < -0.39 is 0 Å². The van der Waals surface area contributed by atoms with Crippen LogP contribution in [0.4, 0.5) is 10.1 Å². The number of anilines is 1. The summed E-state index contributed by atoms with van der Waals surface area (Å²) in [6, 6.07) is 7.55. The molecule has 2 heterocycles. The summed E-state index contributed by atoms with van der Waals surface area (Å²) in [6.07, 6.45) is 1.48. The molecule has 4 nitrogen and oxygen atoms in total. The number of carbonyl (C=O) groups is 1. The van der Waals surface area contributed by atoms with E-state index in [1.165, 1.54) is 25.4 Å². The van der Waals surface area contributed by atoms with Gasteiger partial charge in [0, 0.05) is 16.2 Å². The maximum Gasteiger partial charge on any atom is 0.267 e. The standard InChI is InChI=1S/C15H10ClFN2O2S/c1-21-12-5-3-9(7-18-12)19-15(20)14-13(16)10-4-2-8(17)6-11(10)22-14/h2-7H,1H3,(H,19,20). The molecule has 0 saturated carbocycles. The number of nitrogens with zero attached hydrogens (tertiary/aromatic N) is 1. The molecule has 0 atom stereocenters. The molecule has 1 aromatic carbocycles. The second-order valence-corrected chi connectivity index (χ2v) is 5.86. The van der Waals surface area contributed by atoms with E-state index in [1.54, 1.807) is 18.2 Å². The molecule has 0 bridgehead atoms. The fraction of sp³-hybridized carbons (Fsp3) is 0.0667. The fourth-order valence-corrected chi connectivity index (χ4v) is 3.39. The molecule has 1 amide bonds. The third kappa shape index (κ3) is 2.75. The molecule has 0 saturated heterocycles. The van der Waals surface area contributed by atoms with Crippen LogP contribution in [-0.4, -0.2) is 18.0 Å². The SMILES string of the molecule is COc1ccc(NC(=O)c2sc3cc(F)ccc3c2Cl)cn1. The summed E-state index contributed by atoms with van der Waals surface area (Å²) in [5, 5.41) is 3.68. The van der Waals surface area contributed by atoms with Crippen molar-refractivity contribution < 1.29 is 13.9 Å². The van der Waals surface area contributed by atoms with Gasteiger partial charge in [-0.3, -0.25) is 4.79 Å². The molecule has 22 heavy (non-hydrogen) atoms. The van der Waals surface area contributed by atoms with Crippen molar-refractivity contribution >= 4 is 44.6 Å². The fourth-order valence-electron chi connectivity index (χ4n) is 1.95. The molecule has 0 unspecified atom stereocenters. The lowest BCUT2D eigenvalue weighted by molar-refractivity contribution is 0.103. The molecular weight excluding hydrogens is 327 g/mol. The van der Waals surface area contributed by atoms with Crippen molar-refractivity contribution in [3.63, 3.8) is 0 Å². The van der Waals surface area contributed by atoms with Crippen molar-refractivity contribution in [1.82, 2.24) is 4.98 Å². The maximum absolute atomic E-state index is 13.2. The molecule has 0 aliphatic rings. The molecule has 0 aliphatic carbocycles. The summed E-state index contributed by atoms with van der Waals surface area (Å²) in [6.45, 7) is 0. The number of pyridine rings is 1. The van der Waals surface area contributed by atoms with Gasteiger partial charge in [0.05, 0.1) is 24.0 Å². The van der Waals surface area contributed by atoms with Gasteiger partial charge in [-0.2, -0.15) is 0 Å². The van der Waals surface area contributed by atoms with E-state index in [0.717, 1.165) is 11.3 Å². The number of ether oxygens (including phenoxy) is 1. The van der Waals surface area contributed by atoms with Gasteiger partial charge in [-0.15, -0.1) is 11.3 Å². The molecular formula is C15H10ClFN2O2S. The smallest absolute Gasteiger partial charge is 0.267 e. The molecule has 0 spiro atoms. The number of fused-ring (bicyclic) bond motifs is 1. The number of benzene rings is 1.